The molecule has 0 bridgehead atoms. The SMILES string of the molecule is C=C(CC)C1CCCCC1CC.CC.CC1CCCC1.CCCN(C)C. The minimum atomic E-state index is 0.855. The Morgan fingerprint density at radius 3 is 1.69 bits per heavy atom. The second-order valence-corrected chi connectivity index (χ2v) is 8.26. The van der Waals surface area contributed by atoms with Crippen LogP contribution in [-0.2, 0) is 0 Å². The highest BCUT2D eigenvalue weighted by atomic mass is 15.0. The second kappa shape index (κ2) is 19.5. The molecular weight excluding hydrogens is 314 g/mol. The molecule has 0 N–H and O–H groups in total. The molecule has 0 radical (unpaired) electrons. The second-order valence-electron chi connectivity index (χ2n) is 8.26. The third-order valence-electron chi connectivity index (χ3n) is 5.73. The third kappa shape index (κ3) is 14.8. The molecule has 0 amide bonds. The molecule has 2 aliphatic carbocycles. The molecule has 2 rings (SSSR count). The normalized spacial score (nSPS) is 22.3. The Balaban J connectivity index is 0. The molecule has 0 spiro atoms. The van der Waals surface area contributed by atoms with E-state index < -0.39 is 0 Å². The smallest absolute Gasteiger partial charge is 0.00275 e. The summed E-state index contributed by atoms with van der Waals surface area (Å²) in [6, 6.07) is 0. The van der Waals surface area contributed by atoms with Gasteiger partial charge in [0.1, 0.15) is 0 Å². The lowest BCUT2D eigenvalue weighted by atomic mass is 9.74. The monoisotopic (exact) mass is 367 g/mol. The van der Waals surface area contributed by atoms with Crippen molar-refractivity contribution in [2.24, 2.45) is 17.8 Å². The van der Waals surface area contributed by atoms with E-state index in [0.29, 0.717) is 0 Å². The van der Waals surface area contributed by atoms with Crippen molar-refractivity contribution in [3.63, 3.8) is 0 Å². The van der Waals surface area contributed by atoms with Gasteiger partial charge in [0.05, 0.1) is 0 Å². The summed E-state index contributed by atoms with van der Waals surface area (Å²) in [5, 5.41) is 0. The molecule has 0 aromatic heterocycles. The molecule has 26 heavy (non-hydrogen) atoms. The van der Waals surface area contributed by atoms with Crippen molar-refractivity contribution < 1.29 is 0 Å². The molecule has 1 nitrogen and oxygen atoms in total. The number of hydrogen-bond donors (Lipinski definition) is 0. The van der Waals surface area contributed by atoms with Gasteiger partial charge in [-0.25, -0.2) is 0 Å². The highest BCUT2D eigenvalue weighted by Gasteiger charge is 2.24. The van der Waals surface area contributed by atoms with Crippen LogP contribution in [-0.4, -0.2) is 25.5 Å². The Morgan fingerprint density at radius 2 is 1.38 bits per heavy atom. The predicted octanol–water partition coefficient (Wildman–Crippen LogP) is 8.35. The fraction of sp³-hybridized carbons (Fsp3) is 0.920. The van der Waals surface area contributed by atoms with Crippen molar-refractivity contribution in [2.45, 2.75) is 112 Å². The maximum Gasteiger partial charge on any atom is -0.00275 e. The summed E-state index contributed by atoms with van der Waals surface area (Å²) in [5.41, 5.74) is 1.50. The van der Waals surface area contributed by atoms with E-state index in [1.807, 2.05) is 13.8 Å². The van der Waals surface area contributed by atoms with Gasteiger partial charge in [-0.3, -0.25) is 0 Å². The van der Waals surface area contributed by atoms with E-state index in [2.05, 4.69) is 53.3 Å². The van der Waals surface area contributed by atoms with Gasteiger partial charge in [-0.05, 0) is 64.1 Å². The molecule has 0 heterocycles. The zero-order valence-corrected chi connectivity index (χ0v) is 19.9. The molecule has 0 aliphatic heterocycles. The lowest BCUT2D eigenvalue weighted by Gasteiger charge is -2.32. The molecule has 0 aromatic carbocycles. The topological polar surface area (TPSA) is 3.24 Å². The summed E-state index contributed by atoms with van der Waals surface area (Å²) in [5.74, 6) is 2.85. The number of allylic oxidation sites excluding steroid dienone is 1. The zero-order valence-electron chi connectivity index (χ0n) is 19.9. The average Bonchev–Trinajstić information content (AvgIpc) is 3.14. The first kappa shape index (κ1) is 27.9. The first-order chi connectivity index (χ1) is 12.5. The maximum atomic E-state index is 4.20. The predicted molar refractivity (Wildman–Crippen MR) is 123 cm³/mol. The van der Waals surface area contributed by atoms with Crippen LogP contribution < -0.4 is 0 Å². The molecule has 2 saturated carbocycles. The summed E-state index contributed by atoms with van der Waals surface area (Å²) in [6.07, 6.45) is 15.5. The quantitative estimate of drug-likeness (QED) is 0.441. The average molecular weight is 368 g/mol. The van der Waals surface area contributed by atoms with Crippen LogP contribution in [0.3, 0.4) is 0 Å². The van der Waals surface area contributed by atoms with Gasteiger partial charge < -0.3 is 4.90 Å². The van der Waals surface area contributed by atoms with Crippen LogP contribution in [0.5, 0.6) is 0 Å². The highest BCUT2D eigenvalue weighted by molar-refractivity contribution is 5.03. The van der Waals surface area contributed by atoms with Crippen LogP contribution >= 0.6 is 0 Å². The molecular formula is C25H53N. The van der Waals surface area contributed by atoms with Gasteiger partial charge in [-0.15, -0.1) is 0 Å². The zero-order chi connectivity index (χ0) is 20.4. The molecule has 1 heteroatoms. The highest BCUT2D eigenvalue weighted by Crippen LogP contribution is 2.37. The van der Waals surface area contributed by atoms with Gasteiger partial charge in [-0.1, -0.05) is 98.6 Å². The molecule has 2 unspecified atom stereocenters. The van der Waals surface area contributed by atoms with Crippen molar-refractivity contribution in [2.75, 3.05) is 20.6 Å². The lowest BCUT2D eigenvalue weighted by Crippen LogP contribution is -2.20. The Bertz CT molecular complexity index is 289. The van der Waals surface area contributed by atoms with Crippen molar-refractivity contribution in [3.05, 3.63) is 12.2 Å². The van der Waals surface area contributed by atoms with Crippen molar-refractivity contribution in [3.8, 4) is 0 Å². The Morgan fingerprint density at radius 1 is 0.885 bits per heavy atom. The van der Waals surface area contributed by atoms with Gasteiger partial charge in [0.2, 0.25) is 0 Å². The summed E-state index contributed by atoms with van der Waals surface area (Å²) < 4.78 is 0. The largest absolute Gasteiger partial charge is 0.309 e. The first-order valence-corrected chi connectivity index (χ1v) is 11.8. The molecule has 2 atom stereocenters. The standard InChI is InChI=1S/C12H22.C6H12.C5H13N.C2H6/c1-4-10(3)12-9-7-6-8-11(12)5-2;1-6-4-2-3-5-6;1-4-5-6(2)3;1-2/h11-12H,3-9H2,1-2H3;6H,2-5H2,1H3;4-5H2,1-3H3;1-2H3. The van der Waals surface area contributed by atoms with Crippen LogP contribution in [0.1, 0.15) is 112 Å². The van der Waals surface area contributed by atoms with Crippen molar-refractivity contribution in [1.29, 1.82) is 0 Å². The summed E-state index contributed by atoms with van der Waals surface area (Å²) >= 11 is 0. The van der Waals surface area contributed by atoms with Crippen LogP contribution in [0.4, 0.5) is 0 Å². The first-order valence-electron chi connectivity index (χ1n) is 11.8. The van der Waals surface area contributed by atoms with E-state index in [9.17, 15) is 0 Å². The Hall–Kier alpha value is -0.300. The molecule has 0 saturated heterocycles. The van der Waals surface area contributed by atoms with Crippen LogP contribution in [0.2, 0.25) is 0 Å². The van der Waals surface area contributed by atoms with E-state index >= 15 is 0 Å². The van der Waals surface area contributed by atoms with Crippen molar-refractivity contribution in [1.82, 2.24) is 4.90 Å². The van der Waals surface area contributed by atoms with Gasteiger partial charge in [0.15, 0.2) is 0 Å². The summed E-state index contributed by atoms with van der Waals surface area (Å²) in [6.45, 7) is 18.5. The fourth-order valence-electron chi connectivity index (χ4n) is 4.07. The fourth-order valence-corrected chi connectivity index (χ4v) is 4.07. The van der Waals surface area contributed by atoms with Gasteiger partial charge in [0, 0.05) is 0 Å². The van der Waals surface area contributed by atoms with Crippen LogP contribution in [0, 0.1) is 17.8 Å². The molecule has 2 aliphatic rings. The van der Waals surface area contributed by atoms with Crippen molar-refractivity contribution >= 4 is 0 Å². The molecule has 0 aromatic rings. The number of rotatable bonds is 5. The van der Waals surface area contributed by atoms with Crippen LogP contribution in [0.25, 0.3) is 0 Å². The summed E-state index contributed by atoms with van der Waals surface area (Å²) in [4.78, 5) is 2.18. The maximum absolute atomic E-state index is 4.20. The Kier molecular flexibility index (Phi) is 20.9. The van der Waals surface area contributed by atoms with Gasteiger partial charge in [0.25, 0.3) is 0 Å². The van der Waals surface area contributed by atoms with E-state index in [1.165, 1.54) is 82.7 Å². The lowest BCUT2D eigenvalue weighted by molar-refractivity contribution is 0.261. The molecule has 158 valence electrons. The minimum Gasteiger partial charge on any atom is -0.309 e. The van der Waals surface area contributed by atoms with E-state index in [-0.39, 0.29) is 0 Å². The Labute approximate surface area is 168 Å². The number of hydrogen-bond acceptors (Lipinski definition) is 1. The van der Waals surface area contributed by atoms with E-state index in [1.54, 1.807) is 0 Å². The van der Waals surface area contributed by atoms with Gasteiger partial charge in [-0.2, -0.15) is 0 Å². The van der Waals surface area contributed by atoms with E-state index in [4.69, 9.17) is 0 Å². The third-order valence-corrected chi connectivity index (χ3v) is 5.73. The number of nitrogens with zero attached hydrogens (tertiary/aromatic N) is 1. The molecule has 2 fully saturated rings. The van der Waals surface area contributed by atoms with E-state index in [0.717, 1.165) is 17.8 Å². The summed E-state index contributed by atoms with van der Waals surface area (Å²) in [7, 11) is 4.17. The minimum absolute atomic E-state index is 0.855. The van der Waals surface area contributed by atoms with Crippen LogP contribution in [0.15, 0.2) is 12.2 Å². The van der Waals surface area contributed by atoms with Gasteiger partial charge >= 0.3 is 0 Å².